The fourth-order valence-electron chi connectivity index (χ4n) is 3.26. The van der Waals surface area contributed by atoms with Crippen molar-refractivity contribution in [3.63, 3.8) is 0 Å². The van der Waals surface area contributed by atoms with Gasteiger partial charge in [0, 0.05) is 0 Å². The quantitative estimate of drug-likeness (QED) is 0.341. The number of nitrogens with one attached hydrogen (secondary N) is 1. The molecule has 0 unspecified atom stereocenters. The zero-order valence-corrected chi connectivity index (χ0v) is 16.9. The molecular weight excluding hydrogens is 398 g/mol. The van der Waals surface area contributed by atoms with Crippen molar-refractivity contribution in [2.45, 2.75) is 13.5 Å². The van der Waals surface area contributed by atoms with Crippen LogP contribution in [0.1, 0.15) is 11.6 Å². The van der Waals surface area contributed by atoms with E-state index in [0.717, 1.165) is 32.1 Å². The lowest BCUT2D eigenvalue weighted by Crippen LogP contribution is -2.23. The van der Waals surface area contributed by atoms with Crippen LogP contribution in [0.15, 0.2) is 70.2 Å². The molecule has 0 aliphatic heterocycles. The number of rotatable bonds is 5. The number of carbonyl (C=O) groups is 1. The van der Waals surface area contributed by atoms with Gasteiger partial charge >= 0.3 is 0 Å². The molecule has 2 aromatic carbocycles. The van der Waals surface area contributed by atoms with Crippen LogP contribution in [0.3, 0.4) is 0 Å². The molecule has 0 radical (unpaired) electrons. The molecule has 3 heterocycles. The molecule has 7 nitrogen and oxygen atoms in total. The minimum absolute atomic E-state index is 0.138. The molecular formula is C22H17N5O2S. The van der Waals surface area contributed by atoms with E-state index >= 15 is 0 Å². The summed E-state index contributed by atoms with van der Waals surface area (Å²) in [7, 11) is 0. The van der Waals surface area contributed by atoms with E-state index in [1.54, 1.807) is 17.4 Å². The molecule has 0 saturated carbocycles. The van der Waals surface area contributed by atoms with Gasteiger partial charge in [0.05, 0.1) is 27.5 Å². The van der Waals surface area contributed by atoms with Gasteiger partial charge in [0.1, 0.15) is 18.1 Å². The Hall–Kier alpha value is -3.78. The number of aryl methyl sites for hydroxylation is 1. The van der Waals surface area contributed by atoms with Crippen LogP contribution in [-0.2, 0) is 11.3 Å². The maximum atomic E-state index is 12.3. The average Bonchev–Trinajstić information content (AvgIpc) is 3.45. The van der Waals surface area contributed by atoms with Crippen LogP contribution in [0.2, 0.25) is 0 Å². The van der Waals surface area contributed by atoms with Gasteiger partial charge in [0.2, 0.25) is 0 Å². The molecule has 1 N–H and O–H groups in total. The van der Waals surface area contributed by atoms with E-state index in [1.165, 1.54) is 6.21 Å². The van der Waals surface area contributed by atoms with Crippen molar-refractivity contribution in [2.75, 3.05) is 0 Å². The van der Waals surface area contributed by atoms with E-state index in [1.807, 2.05) is 66.1 Å². The number of fused-ring (bicyclic) bond motifs is 2. The van der Waals surface area contributed by atoms with Crippen LogP contribution in [0, 0.1) is 6.92 Å². The Balaban J connectivity index is 1.26. The predicted octanol–water partition coefficient (Wildman–Crippen LogP) is 4.36. The van der Waals surface area contributed by atoms with Gasteiger partial charge in [0.15, 0.2) is 10.8 Å². The van der Waals surface area contributed by atoms with Gasteiger partial charge in [-0.05, 0) is 43.3 Å². The third kappa shape index (κ3) is 3.48. The smallest absolute Gasteiger partial charge is 0.260 e. The summed E-state index contributed by atoms with van der Waals surface area (Å²) in [6.07, 6.45) is 1.48. The minimum atomic E-state index is -0.240. The maximum Gasteiger partial charge on any atom is 0.260 e. The van der Waals surface area contributed by atoms with Crippen molar-refractivity contribution in [3.8, 4) is 10.8 Å². The number of hydrogen-bond donors (Lipinski definition) is 1. The van der Waals surface area contributed by atoms with Gasteiger partial charge in [-0.25, -0.2) is 15.4 Å². The first kappa shape index (κ1) is 18.3. The molecule has 5 rings (SSSR count). The first-order valence-corrected chi connectivity index (χ1v) is 10.2. The molecule has 30 heavy (non-hydrogen) atoms. The van der Waals surface area contributed by atoms with Crippen molar-refractivity contribution in [1.82, 2.24) is 20.0 Å². The monoisotopic (exact) mass is 415 g/mol. The van der Waals surface area contributed by atoms with Crippen molar-refractivity contribution >= 4 is 44.7 Å². The zero-order chi connectivity index (χ0) is 20.5. The van der Waals surface area contributed by atoms with Gasteiger partial charge in [-0.3, -0.25) is 4.79 Å². The number of amides is 1. The molecule has 0 bridgehead atoms. The van der Waals surface area contributed by atoms with Gasteiger partial charge < -0.3 is 8.98 Å². The number of hydrazone groups is 1. The van der Waals surface area contributed by atoms with Crippen LogP contribution in [0.4, 0.5) is 0 Å². The summed E-state index contributed by atoms with van der Waals surface area (Å²) in [5, 5.41) is 4.82. The lowest BCUT2D eigenvalue weighted by atomic mass is 10.3. The minimum Gasteiger partial charge on any atom is -0.453 e. The van der Waals surface area contributed by atoms with E-state index in [2.05, 4.69) is 20.5 Å². The Labute approximate surface area is 175 Å². The lowest BCUT2D eigenvalue weighted by molar-refractivity contribution is -0.121. The Morgan fingerprint density at radius 1 is 1.10 bits per heavy atom. The number of hydrogen-bond acceptors (Lipinski definition) is 6. The second-order valence-electron chi connectivity index (χ2n) is 6.72. The summed E-state index contributed by atoms with van der Waals surface area (Å²) in [4.78, 5) is 21.4. The second-order valence-corrected chi connectivity index (χ2v) is 7.75. The van der Waals surface area contributed by atoms with Gasteiger partial charge in [-0.15, -0.1) is 11.3 Å². The van der Waals surface area contributed by atoms with E-state index < -0.39 is 0 Å². The van der Waals surface area contributed by atoms with E-state index in [-0.39, 0.29) is 12.5 Å². The van der Waals surface area contributed by atoms with E-state index in [0.29, 0.717) is 11.5 Å². The molecule has 0 fully saturated rings. The SMILES string of the molecule is Cc1nc2ccccc2n1CC(=O)N/N=C\c1ccc(-c2nc3ccccc3s2)o1. The standard InChI is InChI=1S/C22H17N5O2S/c1-14-24-16-6-2-4-8-18(16)27(14)13-21(28)26-23-12-15-10-11-19(29-15)22-25-17-7-3-5-9-20(17)30-22/h2-12H,13H2,1H3,(H,26,28)/b23-12-. The Morgan fingerprint density at radius 3 is 2.77 bits per heavy atom. The molecule has 1 amide bonds. The van der Waals surface area contributed by atoms with Gasteiger partial charge in [-0.2, -0.15) is 5.10 Å². The van der Waals surface area contributed by atoms with Crippen LogP contribution in [-0.4, -0.2) is 26.7 Å². The Kier molecular flexibility index (Phi) is 4.61. The summed E-state index contributed by atoms with van der Waals surface area (Å²) in [6.45, 7) is 2.02. The summed E-state index contributed by atoms with van der Waals surface area (Å²) >= 11 is 1.57. The average molecular weight is 415 g/mol. The van der Waals surface area contributed by atoms with Crippen molar-refractivity contribution in [2.24, 2.45) is 5.10 Å². The van der Waals surface area contributed by atoms with Gasteiger partial charge in [0.25, 0.3) is 5.91 Å². The molecule has 0 saturated heterocycles. The topological polar surface area (TPSA) is 85.3 Å². The maximum absolute atomic E-state index is 12.3. The Bertz CT molecular complexity index is 1360. The van der Waals surface area contributed by atoms with Gasteiger partial charge in [-0.1, -0.05) is 24.3 Å². The van der Waals surface area contributed by atoms with Crippen molar-refractivity contribution < 1.29 is 9.21 Å². The largest absolute Gasteiger partial charge is 0.453 e. The number of aromatic nitrogens is 3. The number of imidazole rings is 1. The Morgan fingerprint density at radius 2 is 1.90 bits per heavy atom. The highest BCUT2D eigenvalue weighted by Crippen LogP contribution is 2.30. The molecule has 8 heteroatoms. The number of furan rings is 1. The number of thiazole rings is 1. The van der Waals surface area contributed by atoms with Crippen LogP contribution in [0.5, 0.6) is 0 Å². The number of para-hydroxylation sites is 3. The first-order chi connectivity index (χ1) is 14.7. The van der Waals surface area contributed by atoms with Crippen LogP contribution in [0.25, 0.3) is 32.0 Å². The fraction of sp³-hybridized carbons (Fsp3) is 0.0909. The second kappa shape index (κ2) is 7.57. The third-order valence-electron chi connectivity index (χ3n) is 4.66. The molecule has 0 aliphatic carbocycles. The van der Waals surface area contributed by atoms with Crippen molar-refractivity contribution in [1.29, 1.82) is 0 Å². The van der Waals surface area contributed by atoms with E-state index in [4.69, 9.17) is 4.42 Å². The zero-order valence-electron chi connectivity index (χ0n) is 16.1. The molecule has 0 atom stereocenters. The predicted molar refractivity (Wildman–Crippen MR) is 118 cm³/mol. The number of carbonyl (C=O) groups excluding carboxylic acids is 1. The van der Waals surface area contributed by atoms with E-state index in [9.17, 15) is 4.79 Å². The third-order valence-corrected chi connectivity index (χ3v) is 5.71. The summed E-state index contributed by atoms with van der Waals surface area (Å²) in [5.41, 5.74) is 5.27. The summed E-state index contributed by atoms with van der Waals surface area (Å²) in [5.74, 6) is 1.75. The number of nitrogens with zero attached hydrogens (tertiary/aromatic N) is 4. The molecule has 5 aromatic rings. The first-order valence-electron chi connectivity index (χ1n) is 9.37. The summed E-state index contributed by atoms with van der Waals surface area (Å²) < 4.78 is 8.76. The molecule has 0 spiro atoms. The lowest BCUT2D eigenvalue weighted by Gasteiger charge is -2.05. The number of benzene rings is 2. The molecule has 0 aliphatic rings. The van der Waals surface area contributed by atoms with Crippen LogP contribution >= 0.6 is 11.3 Å². The summed E-state index contributed by atoms with van der Waals surface area (Å²) in [6, 6.07) is 19.3. The highest BCUT2D eigenvalue weighted by atomic mass is 32.1. The fourth-order valence-corrected chi connectivity index (χ4v) is 4.18. The highest BCUT2D eigenvalue weighted by Gasteiger charge is 2.11. The van der Waals surface area contributed by atoms with Crippen LogP contribution < -0.4 is 5.43 Å². The molecule has 3 aromatic heterocycles. The normalized spacial score (nSPS) is 11.6. The van der Waals surface area contributed by atoms with Crippen molar-refractivity contribution in [3.05, 3.63) is 72.2 Å². The highest BCUT2D eigenvalue weighted by molar-refractivity contribution is 7.21. The molecule has 148 valence electrons.